The lowest BCUT2D eigenvalue weighted by molar-refractivity contribution is 0.103. The Labute approximate surface area is 191 Å². The summed E-state index contributed by atoms with van der Waals surface area (Å²) in [6, 6.07) is 16.6. The molecule has 0 N–H and O–H groups in total. The quantitative estimate of drug-likeness (QED) is 0.422. The van der Waals surface area contributed by atoms with Crippen LogP contribution in [0.15, 0.2) is 65.6 Å². The molecule has 0 fully saturated rings. The molecule has 0 atom stereocenters. The van der Waals surface area contributed by atoms with Gasteiger partial charge in [-0.1, -0.05) is 30.3 Å². The largest absolute Gasteiger partial charge is 0.496 e. The highest BCUT2D eigenvalue weighted by Gasteiger charge is 2.22. The fourth-order valence-electron chi connectivity index (χ4n) is 4.13. The molecular weight excluding hydrogens is 418 g/mol. The molecule has 0 saturated heterocycles. The average molecular weight is 441 g/mol. The van der Waals surface area contributed by atoms with Gasteiger partial charge in [-0.2, -0.15) is 0 Å². The number of para-hydroxylation sites is 1. The molecule has 0 radical (unpaired) electrons. The van der Waals surface area contributed by atoms with Crippen molar-refractivity contribution in [3.63, 3.8) is 0 Å². The molecule has 0 spiro atoms. The summed E-state index contributed by atoms with van der Waals surface area (Å²) in [6.07, 6.45) is 1.64. The second kappa shape index (κ2) is 8.13. The van der Waals surface area contributed by atoms with E-state index in [1.54, 1.807) is 31.5 Å². The number of hydrogen-bond acceptors (Lipinski definition) is 5. The van der Waals surface area contributed by atoms with Crippen LogP contribution >= 0.6 is 0 Å². The number of ether oxygens (including phenoxy) is 3. The summed E-state index contributed by atoms with van der Waals surface area (Å²) in [6.45, 7) is 4.45. The monoisotopic (exact) mass is 441 g/mol. The first-order valence-corrected chi connectivity index (χ1v) is 10.7. The third-order valence-corrected chi connectivity index (χ3v) is 6.12. The van der Waals surface area contributed by atoms with Gasteiger partial charge in [-0.15, -0.1) is 0 Å². The van der Waals surface area contributed by atoms with Crippen molar-refractivity contribution in [3.8, 4) is 17.2 Å². The minimum atomic E-state index is -0.331. The molecule has 6 nitrogen and oxygen atoms in total. The van der Waals surface area contributed by atoms with E-state index in [-0.39, 0.29) is 23.6 Å². The number of fused-ring (bicyclic) bond motifs is 2. The second-order valence-corrected chi connectivity index (χ2v) is 8.16. The van der Waals surface area contributed by atoms with Crippen LogP contribution in [-0.4, -0.2) is 24.3 Å². The molecule has 5 rings (SSSR count). The molecule has 1 aliphatic rings. The standard InChI is InChI=1S/C27H23NO5/c1-16-8-9-18(10-17(16)2)26(29)21-14-28(13-19-6-4-5-7-23(19)31-3)22-12-25-24(32-15-33-25)11-20(22)27(21)30/h4-12,14H,13,15H2,1-3H3. The Balaban J connectivity index is 1.72. The van der Waals surface area contributed by atoms with Crippen molar-refractivity contribution in [1.29, 1.82) is 0 Å². The number of carbonyl (C=O) groups excluding carboxylic acids is 1. The molecule has 2 heterocycles. The predicted octanol–water partition coefficient (Wildman–Crippen LogP) is 4.63. The van der Waals surface area contributed by atoms with E-state index in [9.17, 15) is 9.59 Å². The molecule has 0 unspecified atom stereocenters. The topological polar surface area (TPSA) is 66.8 Å². The lowest BCUT2D eigenvalue weighted by Crippen LogP contribution is -2.20. The van der Waals surface area contributed by atoms with Gasteiger partial charge in [0.1, 0.15) is 5.75 Å². The Morgan fingerprint density at radius 1 is 1.00 bits per heavy atom. The Bertz CT molecular complexity index is 1470. The van der Waals surface area contributed by atoms with Crippen LogP contribution in [0, 0.1) is 13.8 Å². The van der Waals surface area contributed by atoms with E-state index in [4.69, 9.17) is 14.2 Å². The van der Waals surface area contributed by atoms with Gasteiger partial charge in [-0.25, -0.2) is 0 Å². The molecule has 3 aromatic carbocycles. The summed E-state index contributed by atoms with van der Waals surface area (Å²) in [4.78, 5) is 26.9. The molecule has 0 saturated carbocycles. The van der Waals surface area contributed by atoms with Crippen molar-refractivity contribution < 1.29 is 19.0 Å². The molecule has 1 aromatic heterocycles. The number of aryl methyl sites for hydroxylation is 2. The third-order valence-electron chi connectivity index (χ3n) is 6.12. The highest BCUT2D eigenvalue weighted by atomic mass is 16.7. The molecule has 0 amide bonds. The van der Waals surface area contributed by atoms with Crippen molar-refractivity contribution >= 4 is 16.7 Å². The molecular formula is C27H23NO5. The van der Waals surface area contributed by atoms with Crippen molar-refractivity contribution in [1.82, 2.24) is 4.57 Å². The van der Waals surface area contributed by atoms with Crippen LogP contribution in [0.25, 0.3) is 10.9 Å². The molecule has 33 heavy (non-hydrogen) atoms. The van der Waals surface area contributed by atoms with E-state index >= 15 is 0 Å². The van der Waals surface area contributed by atoms with E-state index in [2.05, 4.69) is 0 Å². The summed E-state index contributed by atoms with van der Waals surface area (Å²) in [5.74, 6) is 1.49. The summed E-state index contributed by atoms with van der Waals surface area (Å²) in [7, 11) is 1.62. The molecule has 4 aromatic rings. The summed E-state index contributed by atoms with van der Waals surface area (Å²) in [5.41, 5.74) is 3.94. The van der Waals surface area contributed by atoms with Crippen LogP contribution in [0.2, 0.25) is 0 Å². The van der Waals surface area contributed by atoms with Crippen molar-refractivity contribution in [2.75, 3.05) is 13.9 Å². The fourth-order valence-corrected chi connectivity index (χ4v) is 4.13. The zero-order valence-electron chi connectivity index (χ0n) is 18.7. The van der Waals surface area contributed by atoms with Crippen LogP contribution in [0.3, 0.4) is 0 Å². The van der Waals surface area contributed by atoms with E-state index in [1.165, 1.54) is 0 Å². The van der Waals surface area contributed by atoms with Crippen LogP contribution in [0.5, 0.6) is 17.2 Å². The Morgan fingerprint density at radius 3 is 2.52 bits per heavy atom. The van der Waals surface area contributed by atoms with Gasteiger partial charge in [0.15, 0.2) is 17.3 Å². The van der Waals surface area contributed by atoms with Gasteiger partial charge < -0.3 is 18.8 Å². The van der Waals surface area contributed by atoms with E-state index in [0.29, 0.717) is 34.5 Å². The third kappa shape index (κ3) is 3.63. The van der Waals surface area contributed by atoms with Crippen molar-refractivity contribution in [2.24, 2.45) is 0 Å². The van der Waals surface area contributed by atoms with Gasteiger partial charge in [0.05, 0.1) is 30.1 Å². The van der Waals surface area contributed by atoms with E-state index in [1.807, 2.05) is 54.8 Å². The minimum absolute atomic E-state index is 0.0980. The first kappa shape index (κ1) is 20.8. The zero-order valence-corrected chi connectivity index (χ0v) is 18.7. The van der Waals surface area contributed by atoms with Gasteiger partial charge in [0, 0.05) is 23.4 Å². The smallest absolute Gasteiger partial charge is 0.231 e. The minimum Gasteiger partial charge on any atom is -0.496 e. The van der Waals surface area contributed by atoms with Gasteiger partial charge in [0.2, 0.25) is 12.2 Å². The van der Waals surface area contributed by atoms with E-state index < -0.39 is 0 Å². The Hall–Kier alpha value is -4.06. The van der Waals surface area contributed by atoms with Crippen LogP contribution < -0.4 is 19.6 Å². The fraction of sp³-hybridized carbons (Fsp3) is 0.185. The predicted molar refractivity (Wildman–Crippen MR) is 126 cm³/mol. The number of methoxy groups -OCH3 is 1. The number of rotatable bonds is 5. The van der Waals surface area contributed by atoms with E-state index in [0.717, 1.165) is 22.4 Å². The molecule has 6 heteroatoms. The summed E-state index contributed by atoms with van der Waals surface area (Å²) >= 11 is 0. The SMILES string of the molecule is COc1ccccc1Cn1cc(C(=O)c2ccc(C)c(C)c2)c(=O)c2cc3c(cc21)OCO3. The zero-order chi connectivity index (χ0) is 23.1. The highest BCUT2D eigenvalue weighted by Crippen LogP contribution is 2.35. The van der Waals surface area contributed by atoms with Crippen LogP contribution in [0.4, 0.5) is 0 Å². The summed E-state index contributed by atoms with van der Waals surface area (Å²) < 4.78 is 18.4. The number of pyridine rings is 1. The maximum absolute atomic E-state index is 13.5. The lowest BCUT2D eigenvalue weighted by atomic mass is 9.98. The summed E-state index contributed by atoms with van der Waals surface area (Å²) in [5, 5.41) is 0.406. The van der Waals surface area contributed by atoms with Gasteiger partial charge in [0.25, 0.3) is 0 Å². The molecule has 1 aliphatic heterocycles. The molecule has 0 bridgehead atoms. The normalized spacial score (nSPS) is 12.2. The number of carbonyl (C=O) groups is 1. The van der Waals surface area contributed by atoms with Crippen LogP contribution in [0.1, 0.15) is 32.6 Å². The van der Waals surface area contributed by atoms with Gasteiger partial charge in [-0.3, -0.25) is 9.59 Å². The molecule has 166 valence electrons. The number of nitrogens with zero attached hydrogens (tertiary/aromatic N) is 1. The Kier molecular flexibility index (Phi) is 5.13. The van der Waals surface area contributed by atoms with Crippen LogP contribution in [-0.2, 0) is 6.54 Å². The first-order valence-electron chi connectivity index (χ1n) is 10.7. The van der Waals surface area contributed by atoms with Gasteiger partial charge in [-0.05, 0) is 43.2 Å². The highest BCUT2D eigenvalue weighted by molar-refractivity contribution is 6.10. The molecule has 0 aliphatic carbocycles. The van der Waals surface area contributed by atoms with Crippen molar-refractivity contribution in [3.05, 3.63) is 98.8 Å². The number of ketones is 1. The number of hydrogen-bond donors (Lipinski definition) is 0. The number of aromatic nitrogens is 1. The van der Waals surface area contributed by atoms with Crippen molar-refractivity contribution in [2.45, 2.75) is 20.4 Å². The second-order valence-electron chi connectivity index (χ2n) is 8.16. The number of benzene rings is 3. The maximum Gasteiger partial charge on any atom is 0.231 e. The lowest BCUT2D eigenvalue weighted by Gasteiger charge is -2.16. The van der Waals surface area contributed by atoms with Gasteiger partial charge >= 0.3 is 0 Å². The average Bonchev–Trinajstić information content (AvgIpc) is 3.29. The first-order chi connectivity index (χ1) is 16.0. The maximum atomic E-state index is 13.5. The Morgan fingerprint density at radius 2 is 1.76 bits per heavy atom.